The van der Waals surface area contributed by atoms with Gasteiger partial charge in [-0.3, -0.25) is 4.79 Å². The van der Waals surface area contributed by atoms with Crippen LogP contribution in [0.1, 0.15) is 21.5 Å². The van der Waals surface area contributed by atoms with Gasteiger partial charge in [0, 0.05) is 12.1 Å². The van der Waals surface area contributed by atoms with Crippen molar-refractivity contribution in [2.75, 3.05) is 6.54 Å². The molecule has 19 heavy (non-hydrogen) atoms. The summed E-state index contributed by atoms with van der Waals surface area (Å²) in [6, 6.07) is 17.4. The molecule has 2 aromatic carbocycles. The average Bonchev–Trinajstić information content (AvgIpc) is 2.47. The minimum absolute atomic E-state index is 0.0494. The van der Waals surface area contributed by atoms with Crippen LogP contribution in [-0.2, 0) is 13.0 Å². The number of rotatable bonds is 5. The van der Waals surface area contributed by atoms with E-state index < -0.39 is 0 Å². The van der Waals surface area contributed by atoms with Crippen molar-refractivity contribution in [3.63, 3.8) is 0 Å². The zero-order chi connectivity index (χ0) is 13.5. The lowest BCUT2D eigenvalue weighted by Gasteiger charge is -2.06. The van der Waals surface area contributed by atoms with E-state index in [0.717, 1.165) is 12.0 Å². The van der Waals surface area contributed by atoms with Crippen LogP contribution in [0.15, 0.2) is 54.6 Å². The van der Waals surface area contributed by atoms with Crippen LogP contribution in [0.4, 0.5) is 0 Å². The number of nitrogens with two attached hydrogens (primary N) is 1. The van der Waals surface area contributed by atoms with Gasteiger partial charge < -0.3 is 11.1 Å². The summed E-state index contributed by atoms with van der Waals surface area (Å²) < 4.78 is 0. The molecule has 0 bridgehead atoms. The molecule has 3 N–H and O–H groups in total. The number of carbonyl (C=O) groups is 1. The molecule has 0 saturated carbocycles. The molecule has 3 heteroatoms. The highest BCUT2D eigenvalue weighted by molar-refractivity contribution is 5.94. The van der Waals surface area contributed by atoms with Crippen LogP contribution in [0.3, 0.4) is 0 Å². The molecule has 0 aliphatic heterocycles. The minimum Gasteiger partial charge on any atom is -0.348 e. The van der Waals surface area contributed by atoms with Gasteiger partial charge in [-0.25, -0.2) is 0 Å². The Labute approximate surface area is 113 Å². The molecule has 0 aromatic heterocycles. The molecule has 0 aliphatic rings. The van der Waals surface area contributed by atoms with Crippen molar-refractivity contribution >= 4 is 5.91 Å². The third-order valence-electron chi connectivity index (χ3n) is 2.95. The molecular formula is C16H18N2O. The maximum Gasteiger partial charge on any atom is 0.251 e. The Kier molecular flexibility index (Phi) is 4.70. The van der Waals surface area contributed by atoms with Gasteiger partial charge >= 0.3 is 0 Å². The Hall–Kier alpha value is -2.13. The Balaban J connectivity index is 1.90. The third-order valence-corrected chi connectivity index (χ3v) is 2.95. The lowest BCUT2D eigenvalue weighted by molar-refractivity contribution is 0.0951. The van der Waals surface area contributed by atoms with E-state index in [9.17, 15) is 4.79 Å². The smallest absolute Gasteiger partial charge is 0.251 e. The lowest BCUT2D eigenvalue weighted by atomic mass is 10.1. The van der Waals surface area contributed by atoms with Gasteiger partial charge in [0.2, 0.25) is 0 Å². The van der Waals surface area contributed by atoms with Crippen LogP contribution >= 0.6 is 0 Å². The van der Waals surface area contributed by atoms with E-state index in [0.29, 0.717) is 18.7 Å². The predicted molar refractivity (Wildman–Crippen MR) is 76.8 cm³/mol. The van der Waals surface area contributed by atoms with Gasteiger partial charge in [-0.15, -0.1) is 0 Å². The highest BCUT2D eigenvalue weighted by Crippen LogP contribution is 2.05. The normalized spacial score (nSPS) is 10.2. The summed E-state index contributed by atoms with van der Waals surface area (Å²) in [6.45, 7) is 1.20. The van der Waals surface area contributed by atoms with Gasteiger partial charge in [0.1, 0.15) is 0 Å². The SMILES string of the molecule is NCCc1ccc(CNC(=O)c2ccccc2)cc1. The van der Waals surface area contributed by atoms with Gasteiger partial charge in [0.05, 0.1) is 0 Å². The molecule has 0 aliphatic carbocycles. The van der Waals surface area contributed by atoms with Gasteiger partial charge in [-0.1, -0.05) is 42.5 Å². The molecule has 2 rings (SSSR count). The second-order valence-corrected chi connectivity index (χ2v) is 4.40. The van der Waals surface area contributed by atoms with Gasteiger partial charge in [-0.2, -0.15) is 0 Å². The number of hydrogen-bond acceptors (Lipinski definition) is 2. The second-order valence-electron chi connectivity index (χ2n) is 4.40. The Morgan fingerprint density at radius 1 is 0.947 bits per heavy atom. The summed E-state index contributed by atoms with van der Waals surface area (Å²) in [5.74, 6) is -0.0494. The van der Waals surface area contributed by atoms with E-state index in [1.54, 1.807) is 12.1 Å². The summed E-state index contributed by atoms with van der Waals surface area (Å²) in [4.78, 5) is 11.9. The predicted octanol–water partition coefficient (Wildman–Crippen LogP) is 2.12. The van der Waals surface area contributed by atoms with E-state index in [1.165, 1.54) is 5.56 Å². The maximum atomic E-state index is 11.9. The monoisotopic (exact) mass is 254 g/mol. The first-order valence-electron chi connectivity index (χ1n) is 6.41. The summed E-state index contributed by atoms with van der Waals surface area (Å²) in [7, 11) is 0. The molecule has 0 radical (unpaired) electrons. The average molecular weight is 254 g/mol. The van der Waals surface area contributed by atoms with E-state index in [2.05, 4.69) is 17.4 Å². The standard InChI is InChI=1S/C16H18N2O/c17-11-10-13-6-8-14(9-7-13)12-18-16(19)15-4-2-1-3-5-15/h1-9H,10-12,17H2,(H,18,19). The first kappa shape index (κ1) is 13.3. The molecule has 0 atom stereocenters. The highest BCUT2D eigenvalue weighted by Gasteiger charge is 2.03. The number of carbonyl (C=O) groups excluding carboxylic acids is 1. The number of benzene rings is 2. The fraction of sp³-hybridized carbons (Fsp3) is 0.188. The van der Waals surface area contributed by atoms with Crippen molar-refractivity contribution in [3.8, 4) is 0 Å². The summed E-state index contributed by atoms with van der Waals surface area (Å²) in [5.41, 5.74) is 8.50. The Morgan fingerprint density at radius 3 is 2.21 bits per heavy atom. The number of amides is 1. The van der Waals surface area contributed by atoms with Gasteiger partial charge in [0.15, 0.2) is 0 Å². The molecule has 0 spiro atoms. The van der Waals surface area contributed by atoms with Crippen molar-refractivity contribution < 1.29 is 4.79 Å². The molecule has 2 aromatic rings. The number of hydrogen-bond donors (Lipinski definition) is 2. The summed E-state index contributed by atoms with van der Waals surface area (Å²) >= 11 is 0. The van der Waals surface area contributed by atoms with Crippen LogP contribution in [0.5, 0.6) is 0 Å². The topological polar surface area (TPSA) is 55.1 Å². The van der Waals surface area contributed by atoms with Crippen LogP contribution in [0.25, 0.3) is 0 Å². The Morgan fingerprint density at radius 2 is 1.58 bits per heavy atom. The van der Waals surface area contributed by atoms with Gasteiger partial charge in [-0.05, 0) is 36.2 Å². The van der Waals surface area contributed by atoms with Crippen molar-refractivity contribution in [2.45, 2.75) is 13.0 Å². The summed E-state index contributed by atoms with van der Waals surface area (Å²) in [6.07, 6.45) is 0.886. The number of nitrogens with one attached hydrogen (secondary N) is 1. The molecule has 0 heterocycles. The van der Waals surface area contributed by atoms with E-state index in [-0.39, 0.29) is 5.91 Å². The van der Waals surface area contributed by atoms with E-state index in [4.69, 9.17) is 5.73 Å². The molecule has 0 saturated heterocycles. The highest BCUT2D eigenvalue weighted by atomic mass is 16.1. The largest absolute Gasteiger partial charge is 0.348 e. The van der Waals surface area contributed by atoms with E-state index in [1.807, 2.05) is 30.3 Å². The quantitative estimate of drug-likeness (QED) is 0.858. The molecule has 98 valence electrons. The zero-order valence-electron chi connectivity index (χ0n) is 10.8. The van der Waals surface area contributed by atoms with Crippen molar-refractivity contribution in [3.05, 3.63) is 71.3 Å². The van der Waals surface area contributed by atoms with Crippen LogP contribution in [0, 0.1) is 0 Å². The lowest BCUT2D eigenvalue weighted by Crippen LogP contribution is -2.22. The minimum atomic E-state index is -0.0494. The third kappa shape index (κ3) is 3.93. The fourth-order valence-corrected chi connectivity index (χ4v) is 1.86. The first-order chi connectivity index (χ1) is 9.29. The fourth-order valence-electron chi connectivity index (χ4n) is 1.86. The molecular weight excluding hydrogens is 236 g/mol. The zero-order valence-corrected chi connectivity index (χ0v) is 10.8. The van der Waals surface area contributed by atoms with Crippen LogP contribution < -0.4 is 11.1 Å². The van der Waals surface area contributed by atoms with Crippen LogP contribution in [-0.4, -0.2) is 12.5 Å². The maximum absolute atomic E-state index is 11.9. The molecule has 0 unspecified atom stereocenters. The molecule has 1 amide bonds. The van der Waals surface area contributed by atoms with E-state index >= 15 is 0 Å². The first-order valence-corrected chi connectivity index (χ1v) is 6.41. The van der Waals surface area contributed by atoms with Crippen LogP contribution in [0.2, 0.25) is 0 Å². The van der Waals surface area contributed by atoms with Crippen molar-refractivity contribution in [1.29, 1.82) is 0 Å². The Bertz CT molecular complexity index is 520. The molecule has 0 fully saturated rings. The second kappa shape index (κ2) is 6.71. The molecule has 3 nitrogen and oxygen atoms in total. The van der Waals surface area contributed by atoms with Crippen molar-refractivity contribution in [2.24, 2.45) is 5.73 Å². The van der Waals surface area contributed by atoms with Gasteiger partial charge in [0.25, 0.3) is 5.91 Å². The summed E-state index contributed by atoms with van der Waals surface area (Å²) in [5, 5.41) is 2.90. The van der Waals surface area contributed by atoms with Crippen molar-refractivity contribution in [1.82, 2.24) is 5.32 Å².